The Morgan fingerprint density at radius 3 is 3.00 bits per heavy atom. The summed E-state index contributed by atoms with van der Waals surface area (Å²) >= 11 is 3.46. The molecule has 1 aromatic carbocycles. The van der Waals surface area contributed by atoms with Crippen LogP contribution < -0.4 is 5.32 Å². The molecule has 4 heteroatoms. The predicted octanol–water partition coefficient (Wildman–Crippen LogP) is 2.58. The van der Waals surface area contributed by atoms with Gasteiger partial charge in [0, 0.05) is 22.6 Å². The van der Waals surface area contributed by atoms with Gasteiger partial charge in [0.1, 0.15) is 0 Å². The number of hydrogen-bond donors (Lipinski definition) is 1. The fourth-order valence-electron chi connectivity index (χ4n) is 2.40. The molecule has 0 spiro atoms. The smallest absolute Gasteiger partial charge is 0.251 e. The maximum atomic E-state index is 12.2. The van der Waals surface area contributed by atoms with Gasteiger partial charge in [-0.1, -0.05) is 22.0 Å². The highest BCUT2D eigenvalue weighted by molar-refractivity contribution is 9.10. The van der Waals surface area contributed by atoms with Crippen LogP contribution in [-0.2, 0) is 0 Å². The van der Waals surface area contributed by atoms with E-state index in [1.807, 2.05) is 25.1 Å². The number of hydrogen-bond acceptors (Lipinski definition) is 2. The molecule has 1 aliphatic rings. The Kier molecular flexibility index (Phi) is 4.40. The van der Waals surface area contributed by atoms with Crippen LogP contribution in [0.2, 0.25) is 0 Å². The molecule has 1 N–H and O–H groups in total. The Morgan fingerprint density at radius 1 is 1.50 bits per heavy atom. The van der Waals surface area contributed by atoms with Crippen LogP contribution in [0.5, 0.6) is 0 Å². The number of rotatable bonds is 2. The van der Waals surface area contributed by atoms with E-state index in [9.17, 15) is 4.79 Å². The molecule has 1 fully saturated rings. The van der Waals surface area contributed by atoms with E-state index < -0.39 is 0 Å². The molecule has 98 valence electrons. The summed E-state index contributed by atoms with van der Waals surface area (Å²) in [7, 11) is 2.10. The Bertz CT molecular complexity index is 447. The van der Waals surface area contributed by atoms with Crippen molar-refractivity contribution in [2.75, 3.05) is 20.1 Å². The molecule has 1 atom stereocenters. The van der Waals surface area contributed by atoms with Crippen LogP contribution in [0.4, 0.5) is 0 Å². The van der Waals surface area contributed by atoms with Crippen molar-refractivity contribution in [2.24, 2.45) is 0 Å². The molecule has 3 nitrogen and oxygen atoms in total. The van der Waals surface area contributed by atoms with Crippen LogP contribution >= 0.6 is 15.9 Å². The van der Waals surface area contributed by atoms with E-state index in [1.165, 1.54) is 0 Å². The monoisotopic (exact) mass is 310 g/mol. The van der Waals surface area contributed by atoms with E-state index in [1.54, 1.807) is 0 Å². The third kappa shape index (κ3) is 3.12. The van der Waals surface area contributed by atoms with Gasteiger partial charge in [0.2, 0.25) is 0 Å². The van der Waals surface area contributed by atoms with Gasteiger partial charge in [-0.25, -0.2) is 0 Å². The zero-order valence-electron chi connectivity index (χ0n) is 10.9. The second-order valence-electron chi connectivity index (χ2n) is 4.99. The number of likely N-dealkylation sites (N-methyl/N-ethyl adjacent to an activating group) is 1. The Balaban J connectivity index is 2.05. The van der Waals surface area contributed by atoms with Gasteiger partial charge in [0.15, 0.2) is 0 Å². The van der Waals surface area contributed by atoms with Crippen molar-refractivity contribution in [1.29, 1.82) is 0 Å². The van der Waals surface area contributed by atoms with Crippen LogP contribution in [0.15, 0.2) is 22.7 Å². The molecule has 2 rings (SSSR count). The number of nitrogens with zero attached hydrogens (tertiary/aromatic N) is 1. The lowest BCUT2D eigenvalue weighted by Gasteiger charge is -2.30. The number of piperidine rings is 1. The molecular formula is C14H19BrN2O. The Morgan fingerprint density at radius 2 is 2.28 bits per heavy atom. The fraction of sp³-hybridized carbons (Fsp3) is 0.500. The summed E-state index contributed by atoms with van der Waals surface area (Å²) in [5, 5.41) is 3.13. The van der Waals surface area contributed by atoms with Crippen LogP contribution in [0.25, 0.3) is 0 Å². The van der Waals surface area contributed by atoms with Gasteiger partial charge in [-0.05, 0) is 51.1 Å². The lowest BCUT2D eigenvalue weighted by atomic mass is 10.0. The summed E-state index contributed by atoms with van der Waals surface area (Å²) in [6.45, 7) is 4.03. The molecular weight excluding hydrogens is 292 g/mol. The van der Waals surface area contributed by atoms with Gasteiger partial charge in [0.05, 0.1) is 0 Å². The van der Waals surface area contributed by atoms with Crippen molar-refractivity contribution in [3.05, 3.63) is 33.8 Å². The molecule has 0 bridgehead atoms. The topological polar surface area (TPSA) is 32.3 Å². The SMILES string of the molecule is Cc1c(Br)cccc1C(=O)NC1CCCN(C)C1. The third-order valence-corrected chi connectivity index (χ3v) is 4.33. The number of halogens is 1. The molecule has 0 aliphatic carbocycles. The zero-order chi connectivity index (χ0) is 13.1. The van der Waals surface area contributed by atoms with E-state index in [-0.39, 0.29) is 11.9 Å². The van der Waals surface area contributed by atoms with Crippen LogP contribution in [0, 0.1) is 6.92 Å². The average molecular weight is 311 g/mol. The molecule has 1 heterocycles. The van der Waals surface area contributed by atoms with Gasteiger partial charge >= 0.3 is 0 Å². The second-order valence-corrected chi connectivity index (χ2v) is 5.84. The summed E-state index contributed by atoms with van der Waals surface area (Å²) in [5.74, 6) is 0.0362. The maximum Gasteiger partial charge on any atom is 0.251 e. The number of amides is 1. The highest BCUT2D eigenvalue weighted by Gasteiger charge is 2.20. The molecule has 1 aromatic rings. The van der Waals surface area contributed by atoms with Crippen molar-refractivity contribution >= 4 is 21.8 Å². The fourth-order valence-corrected chi connectivity index (χ4v) is 2.77. The Labute approximate surface area is 117 Å². The third-order valence-electron chi connectivity index (χ3n) is 3.47. The standard InChI is InChI=1S/C14H19BrN2O/c1-10-12(6-3-7-13(10)15)14(18)16-11-5-4-8-17(2)9-11/h3,6-7,11H,4-5,8-9H2,1-2H3,(H,16,18). The predicted molar refractivity (Wildman–Crippen MR) is 76.9 cm³/mol. The molecule has 1 aliphatic heterocycles. The number of carbonyl (C=O) groups excluding carboxylic acids is 1. The zero-order valence-corrected chi connectivity index (χ0v) is 12.5. The maximum absolute atomic E-state index is 12.2. The Hall–Kier alpha value is -0.870. The van der Waals surface area contributed by atoms with Crippen LogP contribution in [0.3, 0.4) is 0 Å². The van der Waals surface area contributed by atoms with Crippen molar-refractivity contribution in [3.8, 4) is 0 Å². The summed E-state index contributed by atoms with van der Waals surface area (Å²) in [5.41, 5.74) is 1.76. The highest BCUT2D eigenvalue weighted by atomic mass is 79.9. The first-order chi connectivity index (χ1) is 8.58. The molecule has 1 saturated heterocycles. The van der Waals surface area contributed by atoms with E-state index in [0.717, 1.165) is 41.5 Å². The lowest BCUT2D eigenvalue weighted by molar-refractivity contribution is 0.0912. The second kappa shape index (κ2) is 5.85. The van der Waals surface area contributed by atoms with E-state index in [4.69, 9.17) is 0 Å². The summed E-state index contributed by atoms with van der Waals surface area (Å²) in [6.07, 6.45) is 2.22. The first kappa shape index (κ1) is 13.6. The lowest BCUT2D eigenvalue weighted by Crippen LogP contribution is -2.46. The number of likely N-dealkylation sites (tertiary alicyclic amines) is 1. The number of nitrogens with one attached hydrogen (secondary N) is 1. The first-order valence-corrected chi connectivity index (χ1v) is 7.11. The van der Waals surface area contributed by atoms with Gasteiger partial charge in [-0.3, -0.25) is 4.79 Å². The minimum Gasteiger partial charge on any atom is -0.348 e. The van der Waals surface area contributed by atoms with Crippen molar-refractivity contribution in [1.82, 2.24) is 10.2 Å². The summed E-state index contributed by atoms with van der Waals surface area (Å²) in [4.78, 5) is 14.5. The molecule has 1 amide bonds. The van der Waals surface area contributed by atoms with E-state index in [2.05, 4.69) is 33.2 Å². The normalized spacial score (nSPS) is 20.7. The summed E-state index contributed by atoms with van der Waals surface area (Å²) < 4.78 is 0.982. The quantitative estimate of drug-likeness (QED) is 0.910. The van der Waals surface area contributed by atoms with Gasteiger partial charge in [0.25, 0.3) is 5.91 Å². The van der Waals surface area contributed by atoms with Crippen molar-refractivity contribution in [3.63, 3.8) is 0 Å². The summed E-state index contributed by atoms with van der Waals surface area (Å²) in [6, 6.07) is 6.01. The number of benzene rings is 1. The molecule has 0 saturated carbocycles. The number of carbonyl (C=O) groups is 1. The molecule has 0 radical (unpaired) electrons. The van der Waals surface area contributed by atoms with Crippen molar-refractivity contribution < 1.29 is 4.79 Å². The minimum absolute atomic E-state index is 0.0362. The van der Waals surface area contributed by atoms with Crippen LogP contribution in [0.1, 0.15) is 28.8 Å². The first-order valence-electron chi connectivity index (χ1n) is 6.32. The average Bonchev–Trinajstić information content (AvgIpc) is 2.32. The van der Waals surface area contributed by atoms with E-state index in [0.29, 0.717) is 0 Å². The highest BCUT2D eigenvalue weighted by Crippen LogP contribution is 2.19. The van der Waals surface area contributed by atoms with Crippen molar-refractivity contribution in [2.45, 2.75) is 25.8 Å². The van der Waals surface area contributed by atoms with Crippen LogP contribution in [-0.4, -0.2) is 37.0 Å². The molecule has 1 unspecified atom stereocenters. The van der Waals surface area contributed by atoms with Gasteiger partial charge in [-0.2, -0.15) is 0 Å². The largest absolute Gasteiger partial charge is 0.348 e. The van der Waals surface area contributed by atoms with Gasteiger partial charge in [-0.15, -0.1) is 0 Å². The van der Waals surface area contributed by atoms with E-state index >= 15 is 0 Å². The molecule has 0 aromatic heterocycles. The minimum atomic E-state index is 0.0362. The molecule has 18 heavy (non-hydrogen) atoms. The van der Waals surface area contributed by atoms with Gasteiger partial charge < -0.3 is 10.2 Å².